The molecule has 1 fully saturated rings. The van der Waals surface area contributed by atoms with Crippen LogP contribution in [-0.4, -0.2) is 11.5 Å². The molecule has 114 valence electrons. The summed E-state index contributed by atoms with van der Waals surface area (Å²) in [6.45, 7) is 15.6. The van der Waals surface area contributed by atoms with Crippen LogP contribution in [0.15, 0.2) is 60.6 Å². The van der Waals surface area contributed by atoms with E-state index in [1.54, 1.807) is 0 Å². The van der Waals surface area contributed by atoms with Gasteiger partial charge in [0.1, 0.15) is 0 Å². The lowest BCUT2D eigenvalue weighted by Gasteiger charge is -2.42. The molecule has 1 aromatic rings. The lowest BCUT2D eigenvalue weighted by Crippen LogP contribution is -2.40. The molecule has 0 bridgehead atoms. The van der Waals surface area contributed by atoms with Crippen LogP contribution in [0, 0.1) is 5.41 Å². The first-order chi connectivity index (χ1) is 10.1. The Morgan fingerprint density at radius 3 is 2.57 bits per heavy atom. The molecule has 1 aliphatic rings. The highest BCUT2D eigenvalue weighted by Gasteiger charge is 2.32. The van der Waals surface area contributed by atoms with Gasteiger partial charge in [-0.1, -0.05) is 46.4 Å². The summed E-state index contributed by atoms with van der Waals surface area (Å²) < 4.78 is 0. The lowest BCUT2D eigenvalue weighted by molar-refractivity contribution is 0.351. The molecule has 0 aliphatic carbocycles. The van der Waals surface area contributed by atoms with Gasteiger partial charge in [-0.15, -0.1) is 0 Å². The molecular weight excluding hydrogens is 256 g/mol. The highest BCUT2D eigenvalue weighted by Crippen LogP contribution is 2.39. The number of anilines is 1. The zero-order valence-electron chi connectivity index (χ0n) is 14.1. The van der Waals surface area contributed by atoms with Gasteiger partial charge in [-0.2, -0.15) is 0 Å². The third-order valence-corrected chi connectivity index (χ3v) is 3.46. The molecule has 2 nitrogen and oxygen atoms in total. The van der Waals surface area contributed by atoms with Gasteiger partial charge in [-0.05, 0) is 42.5 Å². The molecular formula is C19H28N2. The molecule has 0 saturated carbocycles. The Bertz CT molecular complexity index is 510. The van der Waals surface area contributed by atoms with Crippen molar-refractivity contribution in [3.05, 3.63) is 60.6 Å². The van der Waals surface area contributed by atoms with Crippen LogP contribution >= 0.6 is 0 Å². The summed E-state index contributed by atoms with van der Waals surface area (Å²) in [6, 6.07) is 4.09. The average molecular weight is 284 g/mol. The fourth-order valence-electron chi connectivity index (χ4n) is 2.65. The van der Waals surface area contributed by atoms with Crippen molar-refractivity contribution in [3.8, 4) is 0 Å². The second kappa shape index (κ2) is 7.82. The summed E-state index contributed by atoms with van der Waals surface area (Å²) in [5.74, 6) is 0. The van der Waals surface area contributed by atoms with Crippen molar-refractivity contribution in [2.24, 2.45) is 5.41 Å². The second-order valence-corrected chi connectivity index (χ2v) is 5.74. The van der Waals surface area contributed by atoms with Gasteiger partial charge in [0.25, 0.3) is 0 Å². The Morgan fingerprint density at radius 2 is 2.05 bits per heavy atom. The highest BCUT2D eigenvalue weighted by molar-refractivity contribution is 5.58. The summed E-state index contributed by atoms with van der Waals surface area (Å²) in [5.41, 5.74) is 4.02. The van der Waals surface area contributed by atoms with Gasteiger partial charge in [0.15, 0.2) is 0 Å². The van der Waals surface area contributed by atoms with Crippen molar-refractivity contribution >= 4 is 5.69 Å². The molecule has 2 heterocycles. The predicted octanol–water partition coefficient (Wildman–Crippen LogP) is 5.36. The van der Waals surface area contributed by atoms with Gasteiger partial charge in [-0.25, -0.2) is 0 Å². The molecule has 0 atom stereocenters. The quantitative estimate of drug-likeness (QED) is 0.726. The van der Waals surface area contributed by atoms with Crippen molar-refractivity contribution in [2.75, 3.05) is 11.4 Å². The van der Waals surface area contributed by atoms with Crippen molar-refractivity contribution in [2.45, 2.75) is 41.0 Å². The third kappa shape index (κ3) is 4.32. The van der Waals surface area contributed by atoms with E-state index in [2.05, 4.69) is 55.5 Å². The second-order valence-electron chi connectivity index (χ2n) is 5.74. The molecule has 0 radical (unpaired) electrons. The fraction of sp³-hybridized carbons (Fsp3) is 0.421. The number of rotatable bonds is 2. The van der Waals surface area contributed by atoms with Crippen molar-refractivity contribution in [1.29, 1.82) is 0 Å². The Balaban J connectivity index is 0.00000106. The zero-order valence-corrected chi connectivity index (χ0v) is 14.1. The van der Waals surface area contributed by atoms with Crippen molar-refractivity contribution in [3.63, 3.8) is 0 Å². The molecule has 0 unspecified atom stereocenters. The van der Waals surface area contributed by atoms with E-state index >= 15 is 0 Å². The van der Waals surface area contributed by atoms with E-state index in [1.807, 2.05) is 38.4 Å². The molecule has 0 N–H and O–H groups in total. The van der Waals surface area contributed by atoms with Gasteiger partial charge in [0, 0.05) is 18.4 Å². The third-order valence-electron chi connectivity index (χ3n) is 3.46. The van der Waals surface area contributed by atoms with Crippen LogP contribution in [0.5, 0.6) is 0 Å². The smallest absolute Gasteiger partial charge is 0.0597 e. The number of piperidine rings is 1. The van der Waals surface area contributed by atoms with Crippen LogP contribution in [-0.2, 0) is 0 Å². The Morgan fingerprint density at radius 1 is 1.33 bits per heavy atom. The summed E-state index contributed by atoms with van der Waals surface area (Å²) in [4.78, 5) is 6.58. The zero-order chi connectivity index (χ0) is 15.9. The minimum Gasteiger partial charge on any atom is -0.339 e. The molecule has 1 aliphatic heterocycles. The van der Waals surface area contributed by atoms with E-state index in [0.717, 1.165) is 18.7 Å². The summed E-state index contributed by atoms with van der Waals surface area (Å²) >= 11 is 0. The van der Waals surface area contributed by atoms with Crippen LogP contribution in [0.25, 0.3) is 0 Å². The van der Waals surface area contributed by atoms with Crippen LogP contribution in [0.2, 0.25) is 0 Å². The Kier molecular flexibility index (Phi) is 6.41. The van der Waals surface area contributed by atoms with Gasteiger partial charge in [-0.3, -0.25) is 4.98 Å². The molecule has 2 rings (SSSR count). The van der Waals surface area contributed by atoms with Crippen molar-refractivity contribution in [1.82, 2.24) is 4.98 Å². The van der Waals surface area contributed by atoms with E-state index in [-0.39, 0.29) is 5.41 Å². The minimum atomic E-state index is 0.260. The SMILES string of the molecule is C=C/C=C1\C(=C/C)CC(C)(C)CN1c1cccnc1.CC. The monoisotopic (exact) mass is 284 g/mol. The van der Waals surface area contributed by atoms with Crippen LogP contribution in [0.3, 0.4) is 0 Å². The number of hydrogen-bond donors (Lipinski definition) is 0. The number of pyridine rings is 1. The molecule has 0 spiro atoms. The number of hydrogen-bond acceptors (Lipinski definition) is 2. The van der Waals surface area contributed by atoms with Crippen LogP contribution in [0.1, 0.15) is 41.0 Å². The molecule has 1 saturated heterocycles. The molecule has 1 aromatic heterocycles. The molecule has 2 heteroatoms. The topological polar surface area (TPSA) is 16.1 Å². The molecule has 0 aromatic carbocycles. The largest absolute Gasteiger partial charge is 0.339 e. The molecule has 21 heavy (non-hydrogen) atoms. The Hall–Kier alpha value is -1.83. The summed E-state index contributed by atoms with van der Waals surface area (Å²) in [6.07, 6.45) is 11.0. The number of nitrogens with zero attached hydrogens (tertiary/aromatic N) is 2. The first-order valence-corrected chi connectivity index (χ1v) is 7.73. The number of aromatic nitrogens is 1. The van der Waals surface area contributed by atoms with E-state index in [0.29, 0.717) is 0 Å². The van der Waals surface area contributed by atoms with E-state index < -0.39 is 0 Å². The highest BCUT2D eigenvalue weighted by atomic mass is 15.2. The van der Waals surface area contributed by atoms with Gasteiger partial charge >= 0.3 is 0 Å². The lowest BCUT2D eigenvalue weighted by atomic mass is 9.79. The average Bonchev–Trinajstić information content (AvgIpc) is 2.51. The fourth-order valence-corrected chi connectivity index (χ4v) is 2.65. The first-order valence-electron chi connectivity index (χ1n) is 7.73. The maximum absolute atomic E-state index is 4.24. The van der Waals surface area contributed by atoms with Gasteiger partial charge in [0.05, 0.1) is 11.9 Å². The predicted molar refractivity (Wildman–Crippen MR) is 93.4 cm³/mol. The minimum absolute atomic E-state index is 0.260. The van der Waals surface area contributed by atoms with Crippen molar-refractivity contribution < 1.29 is 0 Å². The van der Waals surface area contributed by atoms with Crippen LogP contribution < -0.4 is 4.90 Å². The number of allylic oxidation sites excluding steroid dienone is 4. The summed E-state index contributed by atoms with van der Waals surface area (Å²) in [5, 5.41) is 0. The maximum Gasteiger partial charge on any atom is 0.0597 e. The van der Waals surface area contributed by atoms with Crippen LogP contribution in [0.4, 0.5) is 5.69 Å². The maximum atomic E-state index is 4.24. The normalized spacial score (nSPS) is 20.9. The summed E-state index contributed by atoms with van der Waals surface area (Å²) in [7, 11) is 0. The standard InChI is InChI=1S/C17H22N2.C2H6/c1-5-8-16-14(6-2)11-17(3,4)13-19(16)15-9-7-10-18-12-15;1-2/h5-10,12H,1,11,13H2,2-4H3;1-2H3/b14-6-,16-8+;. The van der Waals surface area contributed by atoms with E-state index in [9.17, 15) is 0 Å². The molecule has 0 amide bonds. The first kappa shape index (κ1) is 17.2. The van der Waals surface area contributed by atoms with Gasteiger partial charge < -0.3 is 4.90 Å². The van der Waals surface area contributed by atoms with E-state index in [4.69, 9.17) is 0 Å². The Labute approximate surface area is 129 Å². The van der Waals surface area contributed by atoms with E-state index in [1.165, 1.54) is 11.3 Å². The van der Waals surface area contributed by atoms with Gasteiger partial charge in [0.2, 0.25) is 0 Å².